The molecule has 0 aromatic heterocycles. The first-order chi connectivity index (χ1) is 11.2. The van der Waals surface area contributed by atoms with Crippen molar-refractivity contribution in [2.75, 3.05) is 19.0 Å². The van der Waals surface area contributed by atoms with Gasteiger partial charge in [-0.15, -0.1) is 0 Å². The van der Waals surface area contributed by atoms with Gasteiger partial charge in [0.05, 0.1) is 35.9 Å². The zero-order chi connectivity index (χ0) is 18.3. The number of anilines is 1. The molecule has 9 heteroatoms. The molecule has 0 radical (unpaired) electrons. The number of ether oxygens (including phenoxy) is 1. The van der Waals surface area contributed by atoms with Crippen LogP contribution in [0.5, 0.6) is 5.75 Å². The van der Waals surface area contributed by atoms with Crippen LogP contribution in [-0.4, -0.2) is 35.2 Å². The van der Waals surface area contributed by atoms with E-state index in [0.29, 0.717) is 0 Å². The number of non-ortho nitro benzene ring substituents is 1. The summed E-state index contributed by atoms with van der Waals surface area (Å²) in [6.45, 7) is 3.19. The van der Waals surface area contributed by atoms with Gasteiger partial charge in [-0.05, 0) is 19.9 Å². The third-order valence-corrected chi connectivity index (χ3v) is 3.01. The second-order valence-corrected chi connectivity index (χ2v) is 5.45. The first kappa shape index (κ1) is 18.9. The summed E-state index contributed by atoms with van der Waals surface area (Å²) in [5, 5.41) is 34.2. The van der Waals surface area contributed by atoms with E-state index >= 15 is 0 Å². The average Bonchev–Trinajstić information content (AvgIpc) is 2.55. The fourth-order valence-electron chi connectivity index (χ4n) is 1.55. The van der Waals surface area contributed by atoms with E-state index in [-0.39, 0.29) is 29.3 Å². The van der Waals surface area contributed by atoms with Gasteiger partial charge in [0, 0.05) is 12.3 Å². The average molecular weight is 334 g/mol. The topological polar surface area (TPSA) is 138 Å². The number of carbonyl (C=O) groups excluding carboxylic acids is 1. The van der Waals surface area contributed by atoms with E-state index in [1.165, 1.54) is 31.5 Å². The van der Waals surface area contributed by atoms with Crippen LogP contribution < -0.4 is 15.4 Å². The summed E-state index contributed by atoms with van der Waals surface area (Å²) in [6.07, 6.45) is 1.20. The highest BCUT2D eigenvalue weighted by atomic mass is 16.6. The SMILES string of the molecule is COc1cc([N+](=O)[O-])ccc1NC(=O)/C(C#N)=C\NC(C)(C)CO. The number of carbonyl (C=O) groups is 1. The van der Waals surface area contributed by atoms with E-state index in [4.69, 9.17) is 15.1 Å². The number of methoxy groups -OCH3 is 1. The maximum atomic E-state index is 12.1. The van der Waals surface area contributed by atoms with Crippen molar-refractivity contribution in [3.05, 3.63) is 40.1 Å². The van der Waals surface area contributed by atoms with Gasteiger partial charge >= 0.3 is 0 Å². The molecule has 0 spiro atoms. The highest BCUT2D eigenvalue weighted by Crippen LogP contribution is 2.29. The lowest BCUT2D eigenvalue weighted by atomic mass is 10.1. The summed E-state index contributed by atoms with van der Waals surface area (Å²) < 4.78 is 5.01. The van der Waals surface area contributed by atoms with E-state index in [9.17, 15) is 14.9 Å². The quantitative estimate of drug-likeness (QED) is 0.296. The summed E-state index contributed by atoms with van der Waals surface area (Å²) in [4.78, 5) is 22.3. The summed E-state index contributed by atoms with van der Waals surface area (Å²) in [6, 6.07) is 5.43. The first-order valence-corrected chi connectivity index (χ1v) is 6.86. The molecule has 1 aromatic carbocycles. The highest BCUT2D eigenvalue weighted by molar-refractivity contribution is 6.07. The number of nitrogens with one attached hydrogen (secondary N) is 2. The smallest absolute Gasteiger partial charge is 0.273 e. The zero-order valence-corrected chi connectivity index (χ0v) is 13.5. The highest BCUT2D eigenvalue weighted by Gasteiger charge is 2.18. The minimum absolute atomic E-state index is 0.0958. The molecule has 0 saturated carbocycles. The van der Waals surface area contributed by atoms with Crippen molar-refractivity contribution in [2.24, 2.45) is 0 Å². The predicted molar refractivity (Wildman–Crippen MR) is 86.3 cm³/mol. The van der Waals surface area contributed by atoms with Crippen molar-refractivity contribution >= 4 is 17.3 Å². The molecule has 0 aliphatic heterocycles. The molecule has 3 N–H and O–H groups in total. The molecule has 1 rings (SSSR count). The Morgan fingerprint density at radius 3 is 2.71 bits per heavy atom. The van der Waals surface area contributed by atoms with E-state index in [1.807, 2.05) is 0 Å². The molecule has 0 atom stereocenters. The van der Waals surface area contributed by atoms with Crippen LogP contribution in [0.1, 0.15) is 13.8 Å². The van der Waals surface area contributed by atoms with Crippen molar-refractivity contribution in [1.82, 2.24) is 5.32 Å². The van der Waals surface area contributed by atoms with E-state index < -0.39 is 16.4 Å². The van der Waals surface area contributed by atoms with Crippen molar-refractivity contribution < 1.29 is 19.6 Å². The van der Waals surface area contributed by atoms with E-state index in [0.717, 1.165) is 0 Å². The van der Waals surface area contributed by atoms with Crippen LogP contribution in [0.4, 0.5) is 11.4 Å². The minimum atomic E-state index is -0.717. The van der Waals surface area contributed by atoms with Gasteiger partial charge in [0.15, 0.2) is 0 Å². The number of nitriles is 1. The monoisotopic (exact) mass is 334 g/mol. The Morgan fingerprint density at radius 1 is 1.54 bits per heavy atom. The molecule has 0 fully saturated rings. The van der Waals surface area contributed by atoms with Gasteiger partial charge in [-0.1, -0.05) is 0 Å². The second kappa shape index (κ2) is 7.94. The van der Waals surface area contributed by atoms with E-state index in [1.54, 1.807) is 19.9 Å². The fraction of sp³-hybridized carbons (Fsp3) is 0.333. The van der Waals surface area contributed by atoms with Gasteiger partial charge in [0.25, 0.3) is 11.6 Å². The minimum Gasteiger partial charge on any atom is -0.494 e. The Kier molecular flexibility index (Phi) is 6.26. The number of benzene rings is 1. The van der Waals surface area contributed by atoms with Crippen LogP contribution in [0.2, 0.25) is 0 Å². The Balaban J connectivity index is 2.99. The number of amides is 1. The van der Waals surface area contributed by atoms with Crippen molar-refractivity contribution in [1.29, 1.82) is 5.26 Å². The lowest BCUT2D eigenvalue weighted by Gasteiger charge is -2.22. The normalized spacial score (nSPS) is 11.4. The lowest BCUT2D eigenvalue weighted by molar-refractivity contribution is -0.384. The van der Waals surface area contributed by atoms with Gasteiger partial charge in [-0.2, -0.15) is 5.26 Å². The molecule has 1 amide bonds. The molecule has 0 unspecified atom stereocenters. The molecule has 24 heavy (non-hydrogen) atoms. The summed E-state index contributed by atoms with van der Waals surface area (Å²) >= 11 is 0. The summed E-state index contributed by atoms with van der Waals surface area (Å²) in [5.41, 5.74) is -0.923. The molecule has 0 heterocycles. The molecule has 0 saturated heterocycles. The number of nitrogens with zero attached hydrogens (tertiary/aromatic N) is 2. The number of hydrogen-bond donors (Lipinski definition) is 3. The fourth-order valence-corrected chi connectivity index (χ4v) is 1.55. The van der Waals surface area contributed by atoms with E-state index in [2.05, 4.69) is 10.6 Å². The third-order valence-electron chi connectivity index (χ3n) is 3.01. The lowest BCUT2D eigenvalue weighted by Crippen LogP contribution is -2.39. The molecule has 0 aliphatic rings. The van der Waals surface area contributed by atoms with Gasteiger partial charge in [-0.3, -0.25) is 14.9 Å². The first-order valence-electron chi connectivity index (χ1n) is 6.86. The Bertz CT molecular complexity index is 706. The Labute approximate surface area is 138 Å². The van der Waals surface area contributed by atoms with Crippen LogP contribution in [0, 0.1) is 21.4 Å². The zero-order valence-electron chi connectivity index (χ0n) is 13.5. The largest absolute Gasteiger partial charge is 0.494 e. The number of hydrogen-bond acceptors (Lipinski definition) is 7. The molecule has 1 aromatic rings. The van der Waals surface area contributed by atoms with Crippen LogP contribution in [0.15, 0.2) is 30.0 Å². The molecule has 0 aliphatic carbocycles. The van der Waals surface area contributed by atoms with Crippen molar-refractivity contribution in [2.45, 2.75) is 19.4 Å². The van der Waals surface area contributed by atoms with Crippen LogP contribution in [-0.2, 0) is 4.79 Å². The van der Waals surface area contributed by atoms with Gasteiger partial charge in [0.2, 0.25) is 0 Å². The molecule has 9 nitrogen and oxygen atoms in total. The second-order valence-electron chi connectivity index (χ2n) is 5.45. The van der Waals surface area contributed by atoms with Gasteiger partial charge in [0.1, 0.15) is 17.4 Å². The molecule has 128 valence electrons. The maximum Gasteiger partial charge on any atom is 0.273 e. The number of aliphatic hydroxyl groups excluding tert-OH is 1. The van der Waals surface area contributed by atoms with Crippen LogP contribution in [0.3, 0.4) is 0 Å². The number of nitro groups is 1. The number of nitro benzene ring substituents is 1. The van der Waals surface area contributed by atoms with Crippen LogP contribution >= 0.6 is 0 Å². The molecular weight excluding hydrogens is 316 g/mol. The maximum absolute atomic E-state index is 12.1. The number of aliphatic hydroxyl groups is 1. The molecule has 0 bridgehead atoms. The Morgan fingerprint density at radius 2 is 2.21 bits per heavy atom. The Hall–Kier alpha value is -3.12. The third kappa shape index (κ3) is 4.96. The predicted octanol–water partition coefficient (Wildman–Crippen LogP) is 1.31. The molecular formula is C15H18N4O5. The van der Waals surface area contributed by atoms with Gasteiger partial charge in [-0.25, -0.2) is 0 Å². The van der Waals surface area contributed by atoms with Crippen LogP contribution in [0.25, 0.3) is 0 Å². The summed E-state index contributed by atoms with van der Waals surface area (Å²) in [5.74, 6) is -0.621. The van der Waals surface area contributed by atoms with Crippen molar-refractivity contribution in [3.8, 4) is 11.8 Å². The van der Waals surface area contributed by atoms with Gasteiger partial charge < -0.3 is 20.5 Å². The standard InChI is InChI=1S/C15H18N4O5/c1-15(2,9-20)17-8-10(7-16)14(21)18-12-5-4-11(19(22)23)6-13(12)24-3/h4-6,8,17,20H,9H2,1-3H3,(H,18,21)/b10-8-. The summed E-state index contributed by atoms with van der Waals surface area (Å²) in [7, 11) is 1.31. The van der Waals surface area contributed by atoms with Crippen molar-refractivity contribution in [3.63, 3.8) is 0 Å². The number of rotatable bonds is 7.